The number of alkyl halides is 3. The van der Waals surface area contributed by atoms with E-state index < -0.39 is 17.6 Å². The summed E-state index contributed by atoms with van der Waals surface area (Å²) in [5.41, 5.74) is 0.651. The van der Waals surface area contributed by atoms with Crippen LogP contribution in [0.25, 0.3) is 12.2 Å². The number of likely N-dealkylation sites (N-methyl/N-ethyl adjacent to an activating group) is 1. The molecule has 0 atom stereocenters. The van der Waals surface area contributed by atoms with E-state index in [9.17, 15) is 22.4 Å². The normalized spacial score (nSPS) is 19.1. The van der Waals surface area contributed by atoms with Crippen molar-refractivity contribution in [2.24, 2.45) is 0 Å². The third-order valence-corrected chi connectivity index (χ3v) is 4.15. The Bertz CT molecular complexity index is 917. The lowest BCUT2D eigenvalue weighted by molar-refractivity contribution is -0.140. The number of benzene rings is 1. The number of ketones is 1. The lowest BCUT2D eigenvalue weighted by atomic mass is 9.94. The molecule has 1 aliphatic heterocycles. The van der Waals surface area contributed by atoms with Crippen LogP contribution in [0.4, 0.5) is 17.6 Å². The number of Topliss-reactive ketones (excluding diaryl/α,β-unsaturated/α-hetero) is 1. The summed E-state index contributed by atoms with van der Waals surface area (Å²) in [6.45, 7) is 0.773. The molecule has 1 saturated heterocycles. The quantitative estimate of drug-likeness (QED) is 0.581. The van der Waals surface area contributed by atoms with Crippen LogP contribution in [0.1, 0.15) is 16.7 Å². The summed E-state index contributed by atoms with van der Waals surface area (Å²) < 4.78 is 51.8. The Morgan fingerprint density at radius 2 is 1.59 bits per heavy atom. The third kappa shape index (κ3) is 4.49. The zero-order valence-electron chi connectivity index (χ0n) is 14.4. The highest BCUT2D eigenvalue weighted by atomic mass is 19.4. The van der Waals surface area contributed by atoms with Gasteiger partial charge >= 0.3 is 6.18 Å². The molecular formula is C20H16F4N2O. The molecule has 2 heterocycles. The third-order valence-electron chi connectivity index (χ3n) is 4.15. The van der Waals surface area contributed by atoms with Crippen LogP contribution >= 0.6 is 0 Å². The predicted octanol–water partition coefficient (Wildman–Crippen LogP) is 4.22. The van der Waals surface area contributed by atoms with Crippen LogP contribution in [0.5, 0.6) is 0 Å². The van der Waals surface area contributed by atoms with E-state index in [1.807, 2.05) is 11.9 Å². The van der Waals surface area contributed by atoms with Crippen LogP contribution in [-0.4, -0.2) is 35.8 Å². The zero-order chi connectivity index (χ0) is 19.6. The molecule has 0 aliphatic carbocycles. The lowest BCUT2D eigenvalue weighted by Crippen LogP contribution is -2.34. The number of nitrogens with zero attached hydrogens (tertiary/aromatic N) is 2. The number of halogens is 4. The smallest absolute Gasteiger partial charge is 0.298 e. The van der Waals surface area contributed by atoms with E-state index in [-0.39, 0.29) is 11.3 Å². The summed E-state index contributed by atoms with van der Waals surface area (Å²) in [6, 6.07) is 6.18. The summed E-state index contributed by atoms with van der Waals surface area (Å²) in [4.78, 5) is 18.6. The lowest BCUT2D eigenvalue weighted by Gasteiger charge is -2.26. The molecule has 0 spiro atoms. The second kappa shape index (κ2) is 7.44. The van der Waals surface area contributed by atoms with Gasteiger partial charge in [-0.3, -0.25) is 14.7 Å². The number of aromatic nitrogens is 1. The van der Waals surface area contributed by atoms with E-state index in [0.717, 1.165) is 17.7 Å². The van der Waals surface area contributed by atoms with Crippen molar-refractivity contribution < 1.29 is 22.4 Å². The van der Waals surface area contributed by atoms with Gasteiger partial charge in [-0.25, -0.2) is 4.39 Å². The van der Waals surface area contributed by atoms with Gasteiger partial charge in [0.1, 0.15) is 5.82 Å². The number of likely N-dealkylation sites (tertiary alicyclic amines) is 1. The minimum atomic E-state index is -4.75. The summed E-state index contributed by atoms with van der Waals surface area (Å²) >= 11 is 0. The Balaban J connectivity index is 1.92. The molecule has 27 heavy (non-hydrogen) atoms. The minimum absolute atomic E-state index is 0.204. The molecule has 1 aromatic carbocycles. The maximum atomic E-state index is 13.8. The Labute approximate surface area is 153 Å². The fourth-order valence-electron chi connectivity index (χ4n) is 2.92. The van der Waals surface area contributed by atoms with Crippen molar-refractivity contribution in [1.82, 2.24) is 9.88 Å². The van der Waals surface area contributed by atoms with E-state index in [1.54, 1.807) is 30.6 Å². The molecule has 3 rings (SSSR count). The number of hydrogen-bond donors (Lipinski definition) is 0. The van der Waals surface area contributed by atoms with Crippen molar-refractivity contribution in [2.75, 3.05) is 20.1 Å². The van der Waals surface area contributed by atoms with Gasteiger partial charge in [-0.15, -0.1) is 0 Å². The van der Waals surface area contributed by atoms with Gasteiger partial charge in [-0.05, 0) is 54.6 Å². The molecule has 0 bridgehead atoms. The van der Waals surface area contributed by atoms with Crippen molar-refractivity contribution in [1.29, 1.82) is 0 Å². The van der Waals surface area contributed by atoms with Gasteiger partial charge in [0.05, 0.1) is 5.56 Å². The highest BCUT2D eigenvalue weighted by molar-refractivity contribution is 6.14. The molecule has 140 valence electrons. The van der Waals surface area contributed by atoms with Crippen molar-refractivity contribution in [3.8, 4) is 0 Å². The fraction of sp³-hybridized carbons (Fsp3) is 0.200. The maximum absolute atomic E-state index is 13.8. The first-order valence-electron chi connectivity index (χ1n) is 8.15. The molecule has 7 heteroatoms. The molecule has 3 nitrogen and oxygen atoms in total. The number of carbonyl (C=O) groups is 1. The maximum Gasteiger partial charge on any atom is 0.419 e. The average molecular weight is 376 g/mol. The van der Waals surface area contributed by atoms with E-state index in [2.05, 4.69) is 4.98 Å². The summed E-state index contributed by atoms with van der Waals surface area (Å²) in [5.74, 6) is -1.56. The Hall–Kier alpha value is -2.80. The zero-order valence-corrected chi connectivity index (χ0v) is 14.4. The van der Waals surface area contributed by atoms with Crippen molar-refractivity contribution in [2.45, 2.75) is 6.18 Å². The second-order valence-electron chi connectivity index (χ2n) is 6.36. The molecule has 0 N–H and O–H groups in total. The van der Waals surface area contributed by atoms with E-state index in [0.29, 0.717) is 30.3 Å². The van der Waals surface area contributed by atoms with Crippen LogP contribution in [0, 0.1) is 5.82 Å². The number of hydrogen-bond acceptors (Lipinski definition) is 3. The predicted molar refractivity (Wildman–Crippen MR) is 94.1 cm³/mol. The molecule has 1 aromatic heterocycles. The molecular weight excluding hydrogens is 360 g/mol. The van der Waals surface area contributed by atoms with Crippen LogP contribution in [0.2, 0.25) is 0 Å². The van der Waals surface area contributed by atoms with Gasteiger partial charge in [-0.1, -0.05) is 6.07 Å². The summed E-state index contributed by atoms with van der Waals surface area (Å²) in [7, 11) is 1.83. The van der Waals surface area contributed by atoms with Gasteiger partial charge in [-0.2, -0.15) is 13.2 Å². The first-order chi connectivity index (χ1) is 12.7. The molecule has 0 saturated carbocycles. The van der Waals surface area contributed by atoms with Crippen molar-refractivity contribution in [3.05, 3.63) is 76.4 Å². The molecule has 2 aromatic rings. The number of rotatable bonds is 2. The second-order valence-corrected chi connectivity index (χ2v) is 6.36. The van der Waals surface area contributed by atoms with E-state index in [1.165, 1.54) is 6.08 Å². The number of carbonyl (C=O) groups excluding carboxylic acids is 1. The van der Waals surface area contributed by atoms with Gasteiger partial charge in [0.2, 0.25) is 0 Å². The van der Waals surface area contributed by atoms with E-state index in [4.69, 9.17) is 0 Å². The molecule has 0 unspecified atom stereocenters. The Kier molecular flexibility index (Phi) is 5.23. The topological polar surface area (TPSA) is 33.2 Å². The van der Waals surface area contributed by atoms with Crippen LogP contribution in [0.15, 0.2) is 53.9 Å². The van der Waals surface area contributed by atoms with Gasteiger partial charge < -0.3 is 0 Å². The largest absolute Gasteiger partial charge is 0.419 e. The van der Waals surface area contributed by atoms with Gasteiger partial charge in [0.15, 0.2) is 5.78 Å². The standard InChI is InChI=1S/C20H16F4N2O/c1-26-11-15(8-13-4-6-25-7-5-13)19(27)16(12-26)9-14-2-3-17(18(21)10-14)20(22,23)24/h2-10H,11-12H2,1H3/b15-8?,16-9+. The Morgan fingerprint density at radius 3 is 2.15 bits per heavy atom. The van der Waals surface area contributed by atoms with Gasteiger partial charge in [0.25, 0.3) is 0 Å². The summed E-state index contributed by atoms with van der Waals surface area (Å²) in [5, 5.41) is 0. The monoisotopic (exact) mass is 376 g/mol. The first kappa shape index (κ1) is 19.0. The molecule has 1 aliphatic rings. The Morgan fingerprint density at radius 1 is 1.00 bits per heavy atom. The highest BCUT2D eigenvalue weighted by Gasteiger charge is 2.34. The van der Waals surface area contributed by atoms with Crippen molar-refractivity contribution in [3.63, 3.8) is 0 Å². The average Bonchev–Trinajstić information content (AvgIpc) is 2.59. The summed E-state index contributed by atoms with van der Waals surface area (Å²) in [6.07, 6.45) is 1.66. The van der Waals surface area contributed by atoms with Crippen molar-refractivity contribution >= 4 is 17.9 Å². The SMILES string of the molecule is CN1CC(=Cc2ccncc2)C(=O)/C(=C/c2ccc(C(F)(F)F)c(F)c2)C1. The van der Waals surface area contributed by atoms with Gasteiger partial charge in [0, 0.05) is 36.6 Å². The van der Waals surface area contributed by atoms with E-state index >= 15 is 0 Å². The van der Waals surface area contributed by atoms with Crippen LogP contribution < -0.4 is 0 Å². The van der Waals surface area contributed by atoms with Crippen LogP contribution in [-0.2, 0) is 11.0 Å². The van der Waals surface area contributed by atoms with Crippen LogP contribution in [0.3, 0.4) is 0 Å². The first-order valence-corrected chi connectivity index (χ1v) is 8.15. The molecule has 0 radical (unpaired) electrons. The molecule has 1 fully saturated rings. The molecule has 0 amide bonds. The highest BCUT2D eigenvalue weighted by Crippen LogP contribution is 2.32. The number of piperidine rings is 1. The fourth-order valence-corrected chi connectivity index (χ4v) is 2.92. The number of pyridine rings is 1. The minimum Gasteiger partial charge on any atom is -0.298 e.